The molecule has 0 fully saturated rings. The number of hydrogen-bond donors (Lipinski definition) is 2. The van der Waals surface area contributed by atoms with E-state index in [-0.39, 0.29) is 5.91 Å². The number of allylic oxidation sites excluding steroid dienone is 1. The maximum absolute atomic E-state index is 14.1. The van der Waals surface area contributed by atoms with Crippen molar-refractivity contribution in [1.82, 2.24) is 14.8 Å². The van der Waals surface area contributed by atoms with E-state index in [9.17, 15) is 4.79 Å². The van der Waals surface area contributed by atoms with Crippen molar-refractivity contribution in [3.05, 3.63) is 98.2 Å². The highest BCUT2D eigenvalue weighted by Crippen LogP contribution is 2.43. The van der Waals surface area contributed by atoms with E-state index < -0.39 is 6.04 Å². The predicted molar refractivity (Wildman–Crippen MR) is 181 cm³/mol. The fraction of sp³-hybridized carbons (Fsp3) is 0.324. The standard InChI is InChI=1S/C34H38BrN5O3S/c1-7-8-16-44-34-38-33-36-23(5)29(32(41)37-27-11-9-10-21(3)22(27)4)30(40(33)39-34)25-17-26(35)31(28(18-25)42-6)43-19-24-14-12-20(2)13-15-24/h9-15,17-18,30H,7-8,16,19H2,1-6H3,(H,37,41)(H,36,38,39). The minimum Gasteiger partial charge on any atom is -0.493 e. The highest BCUT2D eigenvalue weighted by Gasteiger charge is 2.35. The zero-order valence-electron chi connectivity index (χ0n) is 26.0. The average Bonchev–Trinajstić information content (AvgIpc) is 3.40. The highest BCUT2D eigenvalue weighted by atomic mass is 79.9. The van der Waals surface area contributed by atoms with E-state index in [1.54, 1.807) is 23.6 Å². The zero-order chi connectivity index (χ0) is 31.4. The molecule has 4 aromatic rings. The van der Waals surface area contributed by atoms with Crippen molar-refractivity contribution in [3.63, 3.8) is 0 Å². The third-order valence-electron chi connectivity index (χ3n) is 7.73. The van der Waals surface area contributed by atoms with Gasteiger partial charge in [0.1, 0.15) is 12.6 Å². The van der Waals surface area contributed by atoms with Gasteiger partial charge in [0.2, 0.25) is 11.1 Å². The summed E-state index contributed by atoms with van der Waals surface area (Å²) in [5.74, 6) is 2.42. The van der Waals surface area contributed by atoms with E-state index in [2.05, 4.69) is 64.7 Å². The molecule has 5 rings (SSSR count). The molecule has 1 aliphatic rings. The molecule has 230 valence electrons. The normalized spacial score (nSPS) is 14.2. The first-order valence-corrected chi connectivity index (χ1v) is 16.5. The van der Waals surface area contributed by atoms with Crippen molar-refractivity contribution >= 4 is 45.2 Å². The number of anilines is 2. The van der Waals surface area contributed by atoms with Crippen LogP contribution in [0.25, 0.3) is 0 Å². The lowest BCUT2D eigenvalue weighted by atomic mass is 9.94. The van der Waals surface area contributed by atoms with Gasteiger partial charge in [-0.05, 0) is 90.5 Å². The molecular formula is C34H38BrN5O3S. The van der Waals surface area contributed by atoms with Crippen LogP contribution in [0.4, 0.5) is 11.6 Å². The van der Waals surface area contributed by atoms with E-state index in [1.165, 1.54) is 5.56 Å². The number of thioether (sulfide) groups is 1. The van der Waals surface area contributed by atoms with Gasteiger partial charge < -0.3 is 20.1 Å². The number of amides is 1. The molecule has 1 amide bonds. The number of benzene rings is 3. The summed E-state index contributed by atoms with van der Waals surface area (Å²) in [7, 11) is 1.62. The molecule has 0 saturated carbocycles. The third-order valence-corrected chi connectivity index (χ3v) is 9.24. The van der Waals surface area contributed by atoms with Gasteiger partial charge in [0.15, 0.2) is 11.5 Å². The van der Waals surface area contributed by atoms with Crippen LogP contribution in [-0.2, 0) is 11.4 Å². The van der Waals surface area contributed by atoms with E-state index in [4.69, 9.17) is 19.6 Å². The molecule has 0 spiro atoms. The lowest BCUT2D eigenvalue weighted by Gasteiger charge is -2.29. The average molecular weight is 677 g/mol. The van der Waals surface area contributed by atoms with Gasteiger partial charge in [0.25, 0.3) is 5.91 Å². The molecule has 1 unspecified atom stereocenters. The van der Waals surface area contributed by atoms with Crippen LogP contribution in [-0.4, -0.2) is 33.5 Å². The number of ether oxygens (including phenoxy) is 2. The monoisotopic (exact) mass is 675 g/mol. The number of carbonyl (C=O) groups is 1. The Kier molecular flexibility index (Phi) is 10.0. The number of nitrogens with one attached hydrogen (secondary N) is 2. The smallest absolute Gasteiger partial charge is 0.255 e. The molecule has 0 saturated heterocycles. The summed E-state index contributed by atoms with van der Waals surface area (Å²) >= 11 is 5.35. The minimum atomic E-state index is -0.569. The van der Waals surface area contributed by atoms with Gasteiger partial charge in [0.05, 0.1) is 17.2 Å². The first-order valence-electron chi connectivity index (χ1n) is 14.7. The van der Waals surface area contributed by atoms with Crippen molar-refractivity contribution in [2.75, 3.05) is 23.5 Å². The lowest BCUT2D eigenvalue weighted by molar-refractivity contribution is -0.113. The van der Waals surface area contributed by atoms with E-state index in [1.807, 2.05) is 51.1 Å². The Balaban J connectivity index is 1.55. The molecule has 8 nitrogen and oxygen atoms in total. The Hall–Kier alpha value is -3.76. The number of hydrogen-bond acceptors (Lipinski definition) is 7. The van der Waals surface area contributed by atoms with Gasteiger partial charge in [-0.2, -0.15) is 4.98 Å². The quantitative estimate of drug-likeness (QED) is 0.122. The van der Waals surface area contributed by atoms with Gasteiger partial charge >= 0.3 is 0 Å². The molecule has 0 aliphatic carbocycles. The van der Waals surface area contributed by atoms with Crippen LogP contribution in [0.15, 0.2) is 75.5 Å². The number of halogens is 1. The second kappa shape index (κ2) is 13.9. The number of carbonyl (C=O) groups excluding carboxylic acids is 1. The van der Waals surface area contributed by atoms with E-state index >= 15 is 0 Å². The van der Waals surface area contributed by atoms with Gasteiger partial charge in [-0.25, -0.2) is 4.68 Å². The molecule has 2 heterocycles. The molecule has 10 heteroatoms. The SMILES string of the molecule is CCCCSc1nc2n(n1)C(c1cc(Br)c(OCc3ccc(C)cc3)c(OC)c1)C(C(=O)Nc1cccc(C)c1C)=C(C)N2. The van der Waals surface area contributed by atoms with Crippen LogP contribution in [0, 0.1) is 20.8 Å². The van der Waals surface area contributed by atoms with Crippen molar-refractivity contribution in [2.24, 2.45) is 0 Å². The van der Waals surface area contributed by atoms with Crippen LogP contribution in [0.3, 0.4) is 0 Å². The topological polar surface area (TPSA) is 90.3 Å². The molecule has 0 bridgehead atoms. The van der Waals surface area contributed by atoms with Crippen LogP contribution < -0.4 is 20.1 Å². The van der Waals surface area contributed by atoms with Crippen molar-refractivity contribution in [2.45, 2.75) is 65.3 Å². The maximum Gasteiger partial charge on any atom is 0.255 e. The van der Waals surface area contributed by atoms with Crippen LogP contribution in [0.2, 0.25) is 0 Å². The minimum absolute atomic E-state index is 0.218. The molecule has 1 aliphatic heterocycles. The number of aryl methyl sites for hydroxylation is 2. The predicted octanol–water partition coefficient (Wildman–Crippen LogP) is 8.37. The van der Waals surface area contributed by atoms with Gasteiger partial charge in [0, 0.05) is 17.1 Å². The summed E-state index contributed by atoms with van der Waals surface area (Å²) in [6.07, 6.45) is 2.16. The Morgan fingerprint density at radius 1 is 1.11 bits per heavy atom. The number of fused-ring (bicyclic) bond motifs is 1. The fourth-order valence-corrected chi connectivity index (χ4v) is 6.54. The summed E-state index contributed by atoms with van der Waals surface area (Å²) in [5, 5.41) is 12.0. The fourth-order valence-electron chi connectivity index (χ4n) is 5.06. The van der Waals surface area contributed by atoms with E-state index in [0.717, 1.165) is 46.5 Å². The molecule has 2 N–H and O–H groups in total. The van der Waals surface area contributed by atoms with Gasteiger partial charge in [-0.1, -0.05) is 67.1 Å². The molecule has 3 aromatic carbocycles. The van der Waals surface area contributed by atoms with Crippen molar-refractivity contribution in [3.8, 4) is 11.5 Å². The maximum atomic E-state index is 14.1. The summed E-state index contributed by atoms with van der Waals surface area (Å²) < 4.78 is 14.6. The van der Waals surface area contributed by atoms with Crippen molar-refractivity contribution < 1.29 is 14.3 Å². The molecule has 1 atom stereocenters. The number of aromatic nitrogens is 3. The van der Waals surface area contributed by atoms with E-state index in [0.29, 0.717) is 45.0 Å². The van der Waals surface area contributed by atoms with Crippen LogP contribution in [0.5, 0.6) is 11.5 Å². The summed E-state index contributed by atoms with van der Waals surface area (Å²) in [5.41, 5.74) is 7.19. The lowest BCUT2D eigenvalue weighted by Crippen LogP contribution is -2.31. The third kappa shape index (κ3) is 6.81. The number of rotatable bonds is 11. The van der Waals surface area contributed by atoms with Crippen LogP contribution >= 0.6 is 27.7 Å². The highest BCUT2D eigenvalue weighted by molar-refractivity contribution is 9.10. The Morgan fingerprint density at radius 2 is 1.89 bits per heavy atom. The Bertz CT molecular complexity index is 1700. The first-order chi connectivity index (χ1) is 21.2. The first kappa shape index (κ1) is 31.7. The number of nitrogens with zero attached hydrogens (tertiary/aromatic N) is 3. The molecule has 0 radical (unpaired) electrons. The molecule has 44 heavy (non-hydrogen) atoms. The number of methoxy groups -OCH3 is 1. The Labute approximate surface area is 271 Å². The largest absolute Gasteiger partial charge is 0.493 e. The molecule has 1 aromatic heterocycles. The summed E-state index contributed by atoms with van der Waals surface area (Å²) in [6, 6.07) is 17.5. The van der Waals surface area contributed by atoms with Gasteiger partial charge in [-0.3, -0.25) is 4.79 Å². The second-order valence-corrected chi connectivity index (χ2v) is 12.9. The second-order valence-electron chi connectivity index (χ2n) is 10.9. The Morgan fingerprint density at radius 3 is 2.61 bits per heavy atom. The summed E-state index contributed by atoms with van der Waals surface area (Å²) in [4.78, 5) is 18.9. The van der Waals surface area contributed by atoms with Crippen molar-refractivity contribution in [1.29, 1.82) is 0 Å². The summed E-state index contributed by atoms with van der Waals surface area (Å²) in [6.45, 7) is 10.6. The molecular weight excluding hydrogens is 638 g/mol. The van der Waals surface area contributed by atoms with Crippen LogP contribution in [0.1, 0.15) is 60.5 Å². The van der Waals surface area contributed by atoms with Gasteiger partial charge in [-0.15, -0.1) is 5.10 Å². The number of unbranched alkanes of at least 4 members (excludes halogenated alkanes) is 1. The zero-order valence-corrected chi connectivity index (χ0v) is 28.4.